The van der Waals surface area contributed by atoms with Crippen LogP contribution in [0.2, 0.25) is 0 Å². The van der Waals surface area contributed by atoms with Crippen molar-refractivity contribution in [1.82, 2.24) is 0 Å². The second kappa shape index (κ2) is 8.37. The Kier molecular flexibility index (Phi) is 5.96. The number of hydrogen-bond donors (Lipinski definition) is 0. The van der Waals surface area contributed by atoms with Crippen molar-refractivity contribution in [3.8, 4) is 23.7 Å². The minimum Gasteiger partial charge on any atom is -0.0616 e. The van der Waals surface area contributed by atoms with E-state index < -0.39 is 0 Å². The molecule has 0 saturated carbocycles. The molecular weight excluding hydrogens is 518 g/mol. The van der Waals surface area contributed by atoms with E-state index in [-0.39, 0.29) is 0 Å². The lowest BCUT2D eigenvalue weighted by Crippen LogP contribution is -1.81. The van der Waals surface area contributed by atoms with Gasteiger partial charge in [-0.15, -0.1) is 0 Å². The summed E-state index contributed by atoms with van der Waals surface area (Å²) in [5.74, 6) is 12.8. The van der Waals surface area contributed by atoms with Gasteiger partial charge in [0, 0.05) is 29.4 Å². The van der Waals surface area contributed by atoms with Gasteiger partial charge < -0.3 is 0 Å². The average Bonchev–Trinajstić information content (AvgIpc) is 2.59. The molecule has 0 aliphatic heterocycles. The van der Waals surface area contributed by atoms with Crippen LogP contribution in [-0.4, -0.2) is 0 Å². The Labute approximate surface area is 170 Å². The lowest BCUT2D eigenvalue weighted by Gasteiger charge is -1.94. The molecule has 2 heteroatoms. The molecule has 0 bridgehead atoms. The largest absolute Gasteiger partial charge is 0.0616 e. The Morgan fingerprint density at radius 3 is 1.17 bits per heavy atom. The van der Waals surface area contributed by atoms with E-state index in [1.165, 1.54) is 7.14 Å². The predicted molar refractivity (Wildman–Crippen MR) is 117 cm³/mol. The van der Waals surface area contributed by atoms with Crippen LogP contribution in [0.4, 0.5) is 0 Å². The number of rotatable bonds is 0. The third kappa shape index (κ3) is 5.12. The van der Waals surface area contributed by atoms with Crippen molar-refractivity contribution in [2.24, 2.45) is 0 Å². The van der Waals surface area contributed by atoms with Gasteiger partial charge in [-0.2, -0.15) is 0 Å². The molecule has 3 aromatic rings. The van der Waals surface area contributed by atoms with Gasteiger partial charge in [0.25, 0.3) is 0 Å². The maximum absolute atomic E-state index is 3.21. The Hall–Kier alpha value is -1.76. The van der Waals surface area contributed by atoms with Crippen LogP contribution >= 0.6 is 45.2 Å². The summed E-state index contributed by atoms with van der Waals surface area (Å²) in [7, 11) is 0. The first-order valence-corrected chi connectivity index (χ1v) is 9.50. The van der Waals surface area contributed by atoms with Gasteiger partial charge >= 0.3 is 0 Å². The molecule has 24 heavy (non-hydrogen) atoms. The zero-order valence-corrected chi connectivity index (χ0v) is 17.0. The highest BCUT2D eigenvalue weighted by atomic mass is 127. The van der Waals surface area contributed by atoms with Gasteiger partial charge in [0.2, 0.25) is 0 Å². The van der Waals surface area contributed by atoms with E-state index in [9.17, 15) is 0 Å². The molecule has 0 unspecified atom stereocenters. The van der Waals surface area contributed by atoms with Crippen LogP contribution in [0.25, 0.3) is 0 Å². The summed E-state index contributed by atoms with van der Waals surface area (Å²) in [4.78, 5) is 0. The second-order valence-electron chi connectivity index (χ2n) is 5.10. The molecule has 0 fully saturated rings. The van der Waals surface area contributed by atoms with Gasteiger partial charge in [-0.3, -0.25) is 0 Å². The highest BCUT2D eigenvalue weighted by molar-refractivity contribution is 14.1. The monoisotopic (exact) mass is 530 g/mol. The lowest BCUT2D eigenvalue weighted by atomic mass is 10.1. The molecule has 0 atom stereocenters. The Morgan fingerprint density at radius 1 is 0.458 bits per heavy atom. The van der Waals surface area contributed by atoms with Crippen molar-refractivity contribution in [2.45, 2.75) is 0 Å². The maximum Gasteiger partial charge on any atom is 0.0261 e. The predicted octanol–water partition coefficient (Wildman–Crippen LogP) is 5.70. The summed E-state index contributed by atoms with van der Waals surface area (Å²) in [5.41, 5.74) is 4.00. The van der Waals surface area contributed by atoms with Crippen molar-refractivity contribution >= 4 is 45.2 Å². The fourth-order valence-corrected chi connectivity index (χ4v) is 3.18. The van der Waals surface area contributed by atoms with Crippen LogP contribution < -0.4 is 0 Å². The van der Waals surface area contributed by atoms with Crippen LogP contribution in [0.15, 0.2) is 72.8 Å². The molecule has 0 aliphatic carbocycles. The lowest BCUT2D eigenvalue weighted by molar-refractivity contribution is 1.57. The van der Waals surface area contributed by atoms with Crippen molar-refractivity contribution < 1.29 is 0 Å². The first-order valence-electron chi connectivity index (χ1n) is 7.34. The van der Waals surface area contributed by atoms with Crippen LogP contribution in [0, 0.1) is 30.8 Å². The van der Waals surface area contributed by atoms with E-state index in [1.54, 1.807) is 0 Å². The molecule has 114 valence electrons. The van der Waals surface area contributed by atoms with E-state index in [0.29, 0.717) is 0 Å². The summed E-state index contributed by atoms with van der Waals surface area (Å²) in [6, 6.07) is 24.4. The molecule has 0 spiro atoms. The molecule has 0 aromatic heterocycles. The molecule has 3 aromatic carbocycles. The molecular formula is C22H12I2. The van der Waals surface area contributed by atoms with Crippen molar-refractivity contribution in [1.29, 1.82) is 0 Å². The minimum atomic E-state index is 0.975. The van der Waals surface area contributed by atoms with E-state index in [1.807, 2.05) is 48.5 Å². The van der Waals surface area contributed by atoms with Crippen LogP contribution in [0.3, 0.4) is 0 Å². The smallest absolute Gasteiger partial charge is 0.0261 e. The minimum absolute atomic E-state index is 0.975. The van der Waals surface area contributed by atoms with Gasteiger partial charge in [0.15, 0.2) is 0 Å². The van der Waals surface area contributed by atoms with Crippen molar-refractivity contribution in [2.75, 3.05) is 0 Å². The number of benzene rings is 3. The second-order valence-corrected chi connectivity index (χ2v) is 7.59. The fourth-order valence-electron chi connectivity index (χ4n) is 2.10. The summed E-state index contributed by atoms with van der Waals surface area (Å²) in [6.07, 6.45) is 0. The standard InChI is InChI=1S/C22H12I2/c23-21-8-2-6-19(15-21)12-10-17-4-1-5-18(14-17)11-13-20-7-3-9-22(24)16-20/h1-9,14-16H. The average molecular weight is 530 g/mol. The van der Waals surface area contributed by atoms with Crippen LogP contribution in [0.5, 0.6) is 0 Å². The summed E-state index contributed by atoms with van der Waals surface area (Å²) < 4.78 is 2.38. The highest BCUT2D eigenvalue weighted by Crippen LogP contribution is 2.09. The normalized spacial score (nSPS) is 9.42. The van der Waals surface area contributed by atoms with Crippen molar-refractivity contribution in [3.63, 3.8) is 0 Å². The zero-order valence-electron chi connectivity index (χ0n) is 12.7. The molecule has 0 heterocycles. The quantitative estimate of drug-likeness (QED) is 0.259. The maximum atomic E-state index is 3.21. The fraction of sp³-hybridized carbons (Fsp3) is 0. The number of hydrogen-bond acceptors (Lipinski definition) is 0. The van der Waals surface area contributed by atoms with Gasteiger partial charge in [-0.1, -0.05) is 41.9 Å². The van der Waals surface area contributed by atoms with Crippen LogP contribution in [-0.2, 0) is 0 Å². The molecule has 0 aliphatic rings. The van der Waals surface area contributed by atoms with E-state index in [2.05, 4.69) is 93.1 Å². The Balaban J connectivity index is 1.83. The summed E-state index contributed by atoms with van der Waals surface area (Å²) >= 11 is 4.59. The molecule has 0 amide bonds. The topological polar surface area (TPSA) is 0 Å². The van der Waals surface area contributed by atoms with Gasteiger partial charge in [0.05, 0.1) is 0 Å². The van der Waals surface area contributed by atoms with E-state index in [4.69, 9.17) is 0 Å². The van der Waals surface area contributed by atoms with E-state index in [0.717, 1.165) is 22.3 Å². The van der Waals surface area contributed by atoms with Crippen LogP contribution in [0.1, 0.15) is 22.3 Å². The van der Waals surface area contributed by atoms with Gasteiger partial charge in [-0.05, 0) is 99.8 Å². The highest BCUT2D eigenvalue weighted by Gasteiger charge is 1.92. The van der Waals surface area contributed by atoms with Crippen molar-refractivity contribution in [3.05, 3.63) is 102 Å². The summed E-state index contributed by atoms with van der Waals surface area (Å²) in [6.45, 7) is 0. The Morgan fingerprint density at radius 2 is 0.792 bits per heavy atom. The molecule has 0 saturated heterocycles. The Bertz CT molecular complexity index is 916. The SMILES string of the molecule is Ic1cccc(C#Cc2cccc(C#Cc3cccc(I)c3)c2)c1. The zero-order chi connectivity index (χ0) is 16.8. The van der Waals surface area contributed by atoms with Gasteiger partial charge in [0.1, 0.15) is 0 Å². The molecule has 0 radical (unpaired) electrons. The molecule has 3 rings (SSSR count). The van der Waals surface area contributed by atoms with E-state index >= 15 is 0 Å². The van der Waals surface area contributed by atoms with Gasteiger partial charge in [-0.25, -0.2) is 0 Å². The molecule has 0 N–H and O–H groups in total. The third-order valence-electron chi connectivity index (χ3n) is 3.21. The first-order chi connectivity index (χ1) is 11.7. The first kappa shape index (κ1) is 17.1. The summed E-state index contributed by atoms with van der Waals surface area (Å²) in [5, 5.41) is 0. The molecule has 0 nitrogen and oxygen atoms in total. The third-order valence-corrected chi connectivity index (χ3v) is 4.56. The number of halogens is 2.